The first kappa shape index (κ1) is 17.0. The molecule has 138 valence electrons. The molecule has 26 heavy (non-hydrogen) atoms. The first-order chi connectivity index (χ1) is 12.6. The van der Waals surface area contributed by atoms with Crippen LogP contribution < -0.4 is 10.2 Å². The maximum Gasteiger partial charge on any atom is 0.270 e. The zero-order valence-electron chi connectivity index (χ0n) is 14.8. The van der Waals surface area contributed by atoms with Crippen LogP contribution in [0.15, 0.2) is 18.2 Å². The fraction of sp³-hybridized carbons (Fsp3) is 0.474. The van der Waals surface area contributed by atoms with Gasteiger partial charge in [-0.05, 0) is 37.5 Å². The standard InChI is InChI=1S/C19H22FN3O3/c1-22-15-7-6-12(20)10-14(15)17(23-8-2-5-16(23)24)18(22)19(25)21-11-13-4-3-9-26-13/h6-7,10,13H,2-5,8-9,11H2,1H3,(H,21,25). The molecule has 0 saturated carbocycles. The lowest BCUT2D eigenvalue weighted by atomic mass is 10.2. The number of nitrogens with one attached hydrogen (secondary N) is 1. The van der Waals surface area contributed by atoms with Gasteiger partial charge < -0.3 is 19.5 Å². The van der Waals surface area contributed by atoms with E-state index in [-0.39, 0.29) is 23.7 Å². The van der Waals surface area contributed by atoms with Gasteiger partial charge >= 0.3 is 0 Å². The third-order valence-electron chi connectivity index (χ3n) is 5.21. The Morgan fingerprint density at radius 1 is 1.38 bits per heavy atom. The fourth-order valence-corrected chi connectivity index (χ4v) is 3.91. The number of amides is 2. The summed E-state index contributed by atoms with van der Waals surface area (Å²) >= 11 is 0. The summed E-state index contributed by atoms with van der Waals surface area (Å²) in [7, 11) is 1.77. The highest BCUT2D eigenvalue weighted by molar-refractivity contribution is 6.14. The van der Waals surface area contributed by atoms with Crippen molar-refractivity contribution in [2.45, 2.75) is 31.8 Å². The van der Waals surface area contributed by atoms with Gasteiger partial charge in [0.1, 0.15) is 11.5 Å². The Labute approximate surface area is 150 Å². The van der Waals surface area contributed by atoms with Crippen molar-refractivity contribution >= 4 is 28.4 Å². The molecule has 0 spiro atoms. The van der Waals surface area contributed by atoms with Crippen LogP contribution in [0.25, 0.3) is 10.9 Å². The summed E-state index contributed by atoms with van der Waals surface area (Å²) in [5.41, 5.74) is 1.62. The molecule has 1 aromatic carbocycles. The number of halogens is 1. The van der Waals surface area contributed by atoms with E-state index < -0.39 is 0 Å². The highest BCUT2D eigenvalue weighted by Gasteiger charge is 2.31. The summed E-state index contributed by atoms with van der Waals surface area (Å²) in [6, 6.07) is 4.41. The van der Waals surface area contributed by atoms with Crippen LogP contribution in [-0.4, -0.2) is 42.2 Å². The molecule has 3 heterocycles. The molecule has 2 saturated heterocycles. The molecule has 2 fully saturated rings. The van der Waals surface area contributed by atoms with Crippen LogP contribution in [0, 0.1) is 5.82 Å². The van der Waals surface area contributed by atoms with Crippen molar-refractivity contribution in [3.63, 3.8) is 0 Å². The van der Waals surface area contributed by atoms with Gasteiger partial charge in [0, 0.05) is 38.6 Å². The first-order valence-corrected chi connectivity index (χ1v) is 9.04. The number of aryl methyl sites for hydroxylation is 1. The molecule has 6 nitrogen and oxygen atoms in total. The van der Waals surface area contributed by atoms with Crippen LogP contribution in [0.3, 0.4) is 0 Å². The van der Waals surface area contributed by atoms with Crippen LogP contribution >= 0.6 is 0 Å². The van der Waals surface area contributed by atoms with E-state index in [9.17, 15) is 14.0 Å². The summed E-state index contributed by atoms with van der Waals surface area (Å²) in [4.78, 5) is 26.9. The quantitative estimate of drug-likeness (QED) is 0.911. The number of benzene rings is 1. The van der Waals surface area contributed by atoms with Gasteiger partial charge in [0.05, 0.1) is 17.3 Å². The average Bonchev–Trinajstić information content (AvgIpc) is 3.33. The minimum Gasteiger partial charge on any atom is -0.376 e. The minimum atomic E-state index is -0.387. The van der Waals surface area contributed by atoms with Gasteiger partial charge in [-0.25, -0.2) is 4.39 Å². The Morgan fingerprint density at radius 2 is 2.23 bits per heavy atom. The van der Waals surface area contributed by atoms with E-state index in [1.807, 2.05) is 0 Å². The number of ether oxygens (including phenoxy) is 1. The van der Waals surface area contributed by atoms with Crippen molar-refractivity contribution in [2.75, 3.05) is 24.6 Å². The normalized spacial score (nSPS) is 20.3. The molecule has 2 aliphatic heterocycles. The van der Waals surface area contributed by atoms with Gasteiger partial charge in [0.15, 0.2) is 0 Å². The SMILES string of the molecule is Cn1c(C(=O)NCC2CCCO2)c(N2CCCC2=O)c2cc(F)ccc21. The molecule has 2 aliphatic rings. The molecule has 7 heteroatoms. The maximum absolute atomic E-state index is 13.9. The number of carbonyl (C=O) groups is 2. The second-order valence-electron chi connectivity index (χ2n) is 6.91. The third-order valence-corrected chi connectivity index (χ3v) is 5.21. The number of anilines is 1. The van der Waals surface area contributed by atoms with E-state index in [4.69, 9.17) is 4.74 Å². The van der Waals surface area contributed by atoms with E-state index in [2.05, 4.69) is 5.32 Å². The number of hydrogen-bond donors (Lipinski definition) is 1. The summed E-state index contributed by atoms with van der Waals surface area (Å²) in [6.07, 6.45) is 3.15. The average molecular weight is 359 g/mol. The van der Waals surface area contributed by atoms with E-state index in [0.717, 1.165) is 31.4 Å². The van der Waals surface area contributed by atoms with Crippen molar-refractivity contribution in [2.24, 2.45) is 7.05 Å². The van der Waals surface area contributed by atoms with Gasteiger partial charge in [-0.2, -0.15) is 0 Å². The molecular formula is C19H22FN3O3. The molecule has 4 rings (SSSR count). The van der Waals surface area contributed by atoms with Crippen LogP contribution in [0.1, 0.15) is 36.2 Å². The summed E-state index contributed by atoms with van der Waals surface area (Å²) < 4.78 is 21.2. The number of hydrogen-bond acceptors (Lipinski definition) is 3. The second-order valence-corrected chi connectivity index (χ2v) is 6.91. The van der Waals surface area contributed by atoms with Crippen molar-refractivity contribution in [1.29, 1.82) is 0 Å². The van der Waals surface area contributed by atoms with E-state index in [1.54, 1.807) is 22.6 Å². The number of rotatable bonds is 4. The van der Waals surface area contributed by atoms with E-state index in [1.165, 1.54) is 12.1 Å². The van der Waals surface area contributed by atoms with Gasteiger partial charge in [0.2, 0.25) is 5.91 Å². The number of aromatic nitrogens is 1. The second kappa shape index (κ2) is 6.72. The Kier molecular flexibility index (Phi) is 4.40. The van der Waals surface area contributed by atoms with Gasteiger partial charge in [0.25, 0.3) is 5.91 Å². The summed E-state index contributed by atoms with van der Waals surface area (Å²) in [5.74, 6) is -0.688. The molecule has 0 aliphatic carbocycles. The number of carbonyl (C=O) groups excluding carboxylic acids is 2. The molecule has 1 atom stereocenters. The Hall–Kier alpha value is -2.41. The molecule has 0 radical (unpaired) electrons. The van der Waals surface area contributed by atoms with Crippen LogP contribution in [0.5, 0.6) is 0 Å². The van der Waals surface area contributed by atoms with E-state index in [0.29, 0.717) is 36.3 Å². The minimum absolute atomic E-state index is 0.0305. The Bertz CT molecular complexity index is 871. The monoisotopic (exact) mass is 359 g/mol. The molecule has 2 aromatic rings. The lowest BCUT2D eigenvalue weighted by Gasteiger charge is -2.18. The molecule has 1 unspecified atom stereocenters. The maximum atomic E-state index is 13.9. The predicted molar refractivity (Wildman–Crippen MR) is 95.8 cm³/mol. The van der Waals surface area contributed by atoms with Gasteiger partial charge in [-0.3, -0.25) is 9.59 Å². The fourth-order valence-electron chi connectivity index (χ4n) is 3.91. The molecule has 1 aromatic heterocycles. The zero-order chi connectivity index (χ0) is 18.3. The summed E-state index contributed by atoms with van der Waals surface area (Å²) in [5, 5.41) is 3.51. The molecule has 0 bridgehead atoms. The van der Waals surface area contributed by atoms with Crippen molar-refractivity contribution in [3.8, 4) is 0 Å². The van der Waals surface area contributed by atoms with E-state index >= 15 is 0 Å². The molecule has 1 N–H and O–H groups in total. The van der Waals surface area contributed by atoms with Crippen LogP contribution in [0.4, 0.5) is 10.1 Å². The van der Waals surface area contributed by atoms with Crippen molar-refractivity contribution in [1.82, 2.24) is 9.88 Å². The lowest BCUT2D eigenvalue weighted by Crippen LogP contribution is -2.34. The largest absolute Gasteiger partial charge is 0.376 e. The lowest BCUT2D eigenvalue weighted by molar-refractivity contribution is -0.117. The van der Waals surface area contributed by atoms with Crippen LogP contribution in [0.2, 0.25) is 0 Å². The number of nitrogens with zero attached hydrogens (tertiary/aromatic N) is 2. The first-order valence-electron chi connectivity index (χ1n) is 9.04. The number of fused-ring (bicyclic) bond motifs is 1. The molecular weight excluding hydrogens is 337 g/mol. The highest BCUT2D eigenvalue weighted by atomic mass is 19.1. The Balaban J connectivity index is 1.75. The third kappa shape index (κ3) is 2.86. The smallest absolute Gasteiger partial charge is 0.270 e. The topological polar surface area (TPSA) is 63.6 Å². The molecule has 2 amide bonds. The van der Waals surface area contributed by atoms with Gasteiger partial charge in [-0.1, -0.05) is 0 Å². The van der Waals surface area contributed by atoms with Crippen molar-refractivity contribution < 1.29 is 18.7 Å². The summed E-state index contributed by atoms with van der Waals surface area (Å²) in [6.45, 7) is 1.70. The van der Waals surface area contributed by atoms with Gasteiger partial charge in [-0.15, -0.1) is 0 Å². The predicted octanol–water partition coefficient (Wildman–Crippen LogP) is 2.35. The highest BCUT2D eigenvalue weighted by Crippen LogP contribution is 2.36. The van der Waals surface area contributed by atoms with Crippen LogP contribution in [-0.2, 0) is 16.6 Å². The Morgan fingerprint density at radius 3 is 2.92 bits per heavy atom. The van der Waals surface area contributed by atoms with Crippen molar-refractivity contribution in [3.05, 3.63) is 29.7 Å². The zero-order valence-corrected chi connectivity index (χ0v) is 14.8.